The lowest BCUT2D eigenvalue weighted by Crippen LogP contribution is -1.91. The first-order chi connectivity index (χ1) is 6.41. The van der Waals surface area contributed by atoms with Gasteiger partial charge in [-0.3, -0.25) is 0 Å². The fraction of sp³-hybridized carbons (Fsp3) is 0.727. The van der Waals surface area contributed by atoms with Crippen LogP contribution in [0, 0.1) is 0 Å². The van der Waals surface area contributed by atoms with E-state index in [0.717, 1.165) is 6.42 Å². The lowest BCUT2D eigenvalue weighted by atomic mass is 10.1. The van der Waals surface area contributed by atoms with Crippen LogP contribution in [0.25, 0.3) is 0 Å². The molecule has 2 heteroatoms. The Kier molecular flexibility index (Phi) is 10.7. The fourth-order valence-electron chi connectivity index (χ4n) is 1.06. The summed E-state index contributed by atoms with van der Waals surface area (Å²) in [4.78, 5) is 9.43. The Bertz CT molecular complexity index is 137. The van der Waals surface area contributed by atoms with E-state index in [4.69, 9.17) is 4.89 Å². The number of rotatable bonds is 9. The van der Waals surface area contributed by atoms with E-state index in [1.54, 1.807) is 0 Å². The summed E-state index contributed by atoms with van der Waals surface area (Å²) in [7, 11) is 0. The van der Waals surface area contributed by atoms with Gasteiger partial charge in [-0.25, -0.2) is 0 Å². The van der Waals surface area contributed by atoms with Crippen LogP contribution in [-0.2, 0) is 9.78 Å². The molecule has 0 fully saturated rings. The molecule has 0 aromatic carbocycles. The lowest BCUT2D eigenvalue weighted by molar-refractivity contribution is -0.248. The van der Waals surface area contributed by atoms with Gasteiger partial charge in [0.1, 0.15) is 0 Å². The number of unbranched alkanes of at least 4 members (excludes halogenated alkanes) is 5. The highest BCUT2D eigenvalue weighted by molar-refractivity contribution is 4.61. The van der Waals surface area contributed by atoms with Gasteiger partial charge in [0.2, 0.25) is 0 Å². The van der Waals surface area contributed by atoms with Gasteiger partial charge in [-0.1, -0.05) is 51.3 Å². The van der Waals surface area contributed by atoms with Gasteiger partial charge in [-0.2, -0.15) is 4.89 Å². The molecule has 0 heterocycles. The molecule has 0 bridgehead atoms. The van der Waals surface area contributed by atoms with E-state index >= 15 is 0 Å². The molecule has 0 unspecified atom stereocenters. The van der Waals surface area contributed by atoms with Crippen LogP contribution in [0.4, 0.5) is 0 Å². The molecule has 0 N–H and O–H groups in total. The summed E-state index contributed by atoms with van der Waals surface area (Å²) >= 11 is 0. The largest absolute Gasteiger partial charge is 0.337 e. The van der Waals surface area contributed by atoms with Crippen molar-refractivity contribution in [1.82, 2.24) is 0 Å². The Morgan fingerprint density at radius 3 is 2.54 bits per heavy atom. The van der Waals surface area contributed by atoms with Gasteiger partial charge in [0.15, 0.2) is 6.26 Å². The van der Waals surface area contributed by atoms with Gasteiger partial charge in [0.25, 0.3) is 0 Å². The van der Waals surface area contributed by atoms with Gasteiger partial charge in [-0.05, 0) is 6.42 Å². The van der Waals surface area contributed by atoms with Crippen LogP contribution in [0.5, 0.6) is 0 Å². The predicted molar refractivity (Wildman–Crippen MR) is 54.1 cm³/mol. The molecule has 0 amide bonds. The van der Waals surface area contributed by atoms with Gasteiger partial charge in [-0.15, -0.1) is 0 Å². The highest BCUT2D eigenvalue weighted by atomic mass is 17.2. The minimum Gasteiger partial charge on any atom is -0.337 e. The maximum Gasteiger partial charge on any atom is 0.171 e. The lowest BCUT2D eigenvalue weighted by Gasteiger charge is -2.00. The molecule has 0 aliphatic carbocycles. The van der Waals surface area contributed by atoms with Crippen molar-refractivity contribution in [2.24, 2.45) is 0 Å². The first kappa shape index (κ1) is 12.3. The third-order valence-corrected chi connectivity index (χ3v) is 1.78. The average molecular weight is 184 g/mol. The van der Waals surface area contributed by atoms with Crippen LogP contribution in [0.1, 0.15) is 45.4 Å². The van der Waals surface area contributed by atoms with Crippen LogP contribution in [-0.4, -0.2) is 6.61 Å². The quantitative estimate of drug-likeness (QED) is 0.179. The minimum absolute atomic E-state index is 0.657. The van der Waals surface area contributed by atoms with Crippen molar-refractivity contribution in [1.29, 1.82) is 0 Å². The van der Waals surface area contributed by atoms with Crippen LogP contribution >= 0.6 is 0 Å². The summed E-state index contributed by atoms with van der Waals surface area (Å²) < 4.78 is 0. The zero-order valence-corrected chi connectivity index (χ0v) is 8.55. The van der Waals surface area contributed by atoms with Crippen LogP contribution in [0.15, 0.2) is 18.6 Å². The molecule has 0 aromatic heterocycles. The maximum absolute atomic E-state index is 4.82. The second-order valence-electron chi connectivity index (χ2n) is 3.01. The van der Waals surface area contributed by atoms with E-state index in [1.807, 2.05) is 0 Å². The Labute approximate surface area is 81.2 Å². The molecule has 0 rings (SSSR count). The van der Waals surface area contributed by atoms with Crippen LogP contribution < -0.4 is 0 Å². The van der Waals surface area contributed by atoms with Crippen molar-refractivity contribution in [3.8, 4) is 0 Å². The maximum atomic E-state index is 4.82. The first-order valence-corrected chi connectivity index (χ1v) is 5.04. The second-order valence-corrected chi connectivity index (χ2v) is 3.01. The normalized spacial score (nSPS) is 9.31. The molecule has 0 atom stereocenters. The molecular formula is C11H20O2. The molecule has 0 aliphatic heterocycles. The Morgan fingerprint density at radius 1 is 1.15 bits per heavy atom. The average Bonchev–Trinajstić information content (AvgIpc) is 2.16. The van der Waals surface area contributed by atoms with Crippen LogP contribution in [0.3, 0.4) is 0 Å². The number of hydrogen-bond donors (Lipinski definition) is 0. The molecule has 0 saturated carbocycles. The molecule has 0 spiro atoms. The van der Waals surface area contributed by atoms with Crippen molar-refractivity contribution in [2.45, 2.75) is 45.4 Å². The topological polar surface area (TPSA) is 18.5 Å². The monoisotopic (exact) mass is 184 g/mol. The smallest absolute Gasteiger partial charge is 0.171 e. The van der Waals surface area contributed by atoms with Crippen LogP contribution in [0.2, 0.25) is 0 Å². The molecule has 0 saturated heterocycles. The van der Waals surface area contributed by atoms with E-state index in [9.17, 15) is 0 Å². The van der Waals surface area contributed by atoms with Crippen molar-refractivity contribution in [3.05, 3.63) is 18.6 Å². The molecular weight excluding hydrogens is 164 g/mol. The second kappa shape index (κ2) is 11.3. The minimum atomic E-state index is 0.657. The van der Waals surface area contributed by atoms with Gasteiger partial charge < -0.3 is 4.89 Å². The zero-order chi connectivity index (χ0) is 9.78. The third-order valence-electron chi connectivity index (χ3n) is 1.78. The molecule has 13 heavy (non-hydrogen) atoms. The summed E-state index contributed by atoms with van der Waals surface area (Å²) in [6.07, 6.45) is 8.88. The van der Waals surface area contributed by atoms with Crippen molar-refractivity contribution >= 4 is 0 Å². The van der Waals surface area contributed by atoms with Gasteiger partial charge >= 0.3 is 0 Å². The van der Waals surface area contributed by atoms with E-state index in [0.29, 0.717) is 6.61 Å². The van der Waals surface area contributed by atoms with E-state index in [1.165, 1.54) is 38.4 Å². The summed E-state index contributed by atoms with van der Waals surface area (Å²) in [5, 5.41) is 0. The van der Waals surface area contributed by atoms with Gasteiger partial charge in [0, 0.05) is 0 Å². The Balaban J connectivity index is 2.87. The Hall–Kier alpha value is -0.720. The standard InChI is InChI=1S/C11H20O2/c1-3-5-6-7-8-9-11-13-12-10-4-2/h10H,2-3,5-9,11H2,1H3. The Morgan fingerprint density at radius 2 is 1.85 bits per heavy atom. The molecule has 0 aromatic rings. The SMILES string of the molecule is C=C=COOCCCCCCCC. The highest BCUT2D eigenvalue weighted by Gasteiger charge is 1.90. The van der Waals surface area contributed by atoms with E-state index in [-0.39, 0.29) is 0 Å². The van der Waals surface area contributed by atoms with E-state index < -0.39 is 0 Å². The third kappa shape index (κ3) is 11.3. The highest BCUT2D eigenvalue weighted by Crippen LogP contribution is 2.04. The number of hydrogen-bond acceptors (Lipinski definition) is 2. The van der Waals surface area contributed by atoms with Crippen molar-refractivity contribution in [2.75, 3.05) is 6.61 Å². The zero-order valence-electron chi connectivity index (χ0n) is 8.55. The summed E-state index contributed by atoms with van der Waals surface area (Å²) in [5.41, 5.74) is 2.46. The predicted octanol–water partition coefficient (Wildman–Crippen LogP) is 3.59. The summed E-state index contributed by atoms with van der Waals surface area (Å²) in [6.45, 7) is 6.22. The van der Waals surface area contributed by atoms with Gasteiger partial charge in [0.05, 0.1) is 6.61 Å². The fourth-order valence-corrected chi connectivity index (χ4v) is 1.06. The molecule has 0 aliphatic rings. The molecule has 2 nitrogen and oxygen atoms in total. The van der Waals surface area contributed by atoms with E-state index in [2.05, 4.69) is 24.1 Å². The summed E-state index contributed by atoms with van der Waals surface area (Å²) in [6, 6.07) is 0. The van der Waals surface area contributed by atoms with Crippen molar-refractivity contribution < 1.29 is 9.78 Å². The molecule has 0 radical (unpaired) electrons. The summed E-state index contributed by atoms with van der Waals surface area (Å²) in [5.74, 6) is 0. The van der Waals surface area contributed by atoms with Crippen molar-refractivity contribution in [3.63, 3.8) is 0 Å². The first-order valence-electron chi connectivity index (χ1n) is 5.04. The molecule has 76 valence electrons.